The molecule has 0 amide bonds. The third-order valence-electron chi connectivity index (χ3n) is 4.15. The Morgan fingerprint density at radius 3 is 2.12 bits per heavy atom. The second-order valence-corrected chi connectivity index (χ2v) is 6.46. The maximum atomic E-state index is 6.09. The van der Waals surface area contributed by atoms with Gasteiger partial charge in [-0.2, -0.15) is 0 Å². The summed E-state index contributed by atoms with van der Waals surface area (Å²) >= 11 is 12.1. The second kappa shape index (κ2) is 6.42. The molecule has 1 aromatic carbocycles. The molecule has 3 heterocycles. The first-order valence-electron chi connectivity index (χ1n) is 7.73. The van der Waals surface area contributed by atoms with Crippen LogP contribution in [0.25, 0.3) is 11.0 Å². The van der Waals surface area contributed by atoms with Gasteiger partial charge in [-0.05, 0) is 24.3 Å². The number of pyridine rings is 1. The van der Waals surface area contributed by atoms with Crippen molar-refractivity contribution < 1.29 is 0 Å². The van der Waals surface area contributed by atoms with Gasteiger partial charge < -0.3 is 9.80 Å². The molecule has 2 aromatic heterocycles. The van der Waals surface area contributed by atoms with Crippen LogP contribution in [0.15, 0.2) is 42.7 Å². The van der Waals surface area contributed by atoms with E-state index in [1.807, 2.05) is 24.4 Å². The highest BCUT2D eigenvalue weighted by Gasteiger charge is 2.19. The molecule has 0 N–H and O–H groups in total. The summed E-state index contributed by atoms with van der Waals surface area (Å²) in [6.07, 6.45) is 3.62. The van der Waals surface area contributed by atoms with Gasteiger partial charge in [-0.25, -0.2) is 9.97 Å². The van der Waals surface area contributed by atoms with Gasteiger partial charge in [0.25, 0.3) is 0 Å². The third-order valence-corrected chi connectivity index (χ3v) is 4.87. The van der Waals surface area contributed by atoms with Crippen molar-refractivity contribution in [3.8, 4) is 0 Å². The summed E-state index contributed by atoms with van der Waals surface area (Å²) in [6.45, 7) is 3.55. The van der Waals surface area contributed by atoms with E-state index < -0.39 is 0 Å². The van der Waals surface area contributed by atoms with Gasteiger partial charge in [0.15, 0.2) is 0 Å². The van der Waals surface area contributed by atoms with Gasteiger partial charge in [0.1, 0.15) is 11.6 Å². The highest BCUT2D eigenvalue weighted by Crippen LogP contribution is 2.27. The largest absolute Gasteiger partial charge is 0.353 e. The fraction of sp³-hybridized carbons (Fsp3) is 0.235. The van der Waals surface area contributed by atoms with Crippen molar-refractivity contribution >= 4 is 45.9 Å². The Morgan fingerprint density at radius 1 is 0.792 bits per heavy atom. The van der Waals surface area contributed by atoms with Crippen LogP contribution in [0.3, 0.4) is 0 Å². The zero-order valence-corrected chi connectivity index (χ0v) is 14.4. The van der Waals surface area contributed by atoms with Gasteiger partial charge >= 0.3 is 0 Å². The Morgan fingerprint density at radius 2 is 1.46 bits per heavy atom. The molecule has 24 heavy (non-hydrogen) atoms. The SMILES string of the molecule is Clc1cc2ncc(N3CCN(c4ccccn4)CC3)nc2cc1Cl. The normalized spacial score (nSPS) is 15.1. The van der Waals surface area contributed by atoms with Gasteiger partial charge in [-0.15, -0.1) is 0 Å². The average molecular weight is 360 g/mol. The Kier molecular flexibility index (Phi) is 4.12. The standard InChI is InChI=1S/C17H15Cl2N5/c18-12-9-14-15(10-13(12)19)22-17(11-21-14)24-7-5-23(6-8-24)16-3-1-2-4-20-16/h1-4,9-11H,5-8H2. The molecule has 7 heteroatoms. The summed E-state index contributed by atoms with van der Waals surface area (Å²) in [5, 5.41) is 0.991. The lowest BCUT2D eigenvalue weighted by Gasteiger charge is -2.35. The van der Waals surface area contributed by atoms with Crippen LogP contribution < -0.4 is 9.80 Å². The number of piperazine rings is 1. The highest BCUT2D eigenvalue weighted by molar-refractivity contribution is 6.42. The summed E-state index contributed by atoms with van der Waals surface area (Å²) in [6, 6.07) is 9.49. The van der Waals surface area contributed by atoms with E-state index in [0.29, 0.717) is 10.0 Å². The zero-order valence-electron chi connectivity index (χ0n) is 12.9. The molecule has 0 atom stereocenters. The van der Waals surface area contributed by atoms with E-state index in [1.54, 1.807) is 18.3 Å². The monoisotopic (exact) mass is 359 g/mol. The number of benzene rings is 1. The van der Waals surface area contributed by atoms with Gasteiger partial charge in [0, 0.05) is 32.4 Å². The molecule has 1 fully saturated rings. The summed E-state index contributed by atoms with van der Waals surface area (Å²) in [5.41, 5.74) is 1.51. The topological polar surface area (TPSA) is 45.2 Å². The van der Waals surface area contributed by atoms with E-state index in [0.717, 1.165) is 48.8 Å². The quantitative estimate of drug-likeness (QED) is 0.698. The van der Waals surface area contributed by atoms with E-state index in [2.05, 4.69) is 24.8 Å². The molecule has 0 bridgehead atoms. The molecule has 3 aromatic rings. The molecule has 0 saturated carbocycles. The molecule has 5 nitrogen and oxygen atoms in total. The van der Waals surface area contributed by atoms with Crippen LogP contribution in [-0.4, -0.2) is 41.1 Å². The van der Waals surface area contributed by atoms with Crippen LogP contribution in [0.2, 0.25) is 10.0 Å². The van der Waals surface area contributed by atoms with Gasteiger partial charge in [0.2, 0.25) is 0 Å². The van der Waals surface area contributed by atoms with Crippen LogP contribution in [0.4, 0.5) is 11.6 Å². The summed E-state index contributed by atoms with van der Waals surface area (Å²) in [4.78, 5) is 18.1. The Balaban J connectivity index is 1.53. The molecule has 4 rings (SSSR count). The summed E-state index contributed by atoms with van der Waals surface area (Å²) in [5.74, 6) is 1.88. The molecule has 0 unspecified atom stereocenters. The smallest absolute Gasteiger partial charge is 0.147 e. The minimum absolute atomic E-state index is 0.496. The average Bonchev–Trinajstić information content (AvgIpc) is 2.63. The molecule has 122 valence electrons. The molecule has 1 saturated heterocycles. The van der Waals surface area contributed by atoms with Crippen LogP contribution in [0.1, 0.15) is 0 Å². The first-order chi connectivity index (χ1) is 11.7. The predicted molar refractivity (Wildman–Crippen MR) is 98.2 cm³/mol. The molecular weight excluding hydrogens is 345 g/mol. The number of nitrogens with zero attached hydrogens (tertiary/aromatic N) is 5. The number of aromatic nitrogens is 3. The molecule has 1 aliphatic heterocycles. The Hall–Kier alpha value is -2.11. The molecule has 0 radical (unpaired) electrons. The van der Waals surface area contributed by atoms with Gasteiger partial charge in [-0.1, -0.05) is 29.3 Å². The van der Waals surface area contributed by atoms with E-state index in [-0.39, 0.29) is 0 Å². The van der Waals surface area contributed by atoms with E-state index >= 15 is 0 Å². The minimum Gasteiger partial charge on any atom is -0.353 e. The lowest BCUT2D eigenvalue weighted by Crippen LogP contribution is -2.47. The fourth-order valence-corrected chi connectivity index (χ4v) is 3.17. The molecule has 0 aliphatic carbocycles. The number of halogens is 2. The predicted octanol–water partition coefficient (Wildman–Crippen LogP) is 3.66. The first-order valence-corrected chi connectivity index (χ1v) is 8.49. The van der Waals surface area contributed by atoms with Crippen molar-refractivity contribution in [3.63, 3.8) is 0 Å². The van der Waals surface area contributed by atoms with Crippen molar-refractivity contribution in [1.29, 1.82) is 0 Å². The van der Waals surface area contributed by atoms with Crippen LogP contribution >= 0.6 is 23.2 Å². The fourth-order valence-electron chi connectivity index (χ4n) is 2.86. The number of rotatable bonds is 2. The maximum Gasteiger partial charge on any atom is 0.147 e. The van der Waals surface area contributed by atoms with Crippen molar-refractivity contribution in [2.24, 2.45) is 0 Å². The summed E-state index contributed by atoms with van der Waals surface area (Å²) in [7, 11) is 0. The first kappa shape index (κ1) is 15.4. The van der Waals surface area contributed by atoms with Crippen molar-refractivity contribution in [3.05, 3.63) is 52.8 Å². The number of fused-ring (bicyclic) bond motifs is 1. The van der Waals surface area contributed by atoms with Gasteiger partial charge in [-0.3, -0.25) is 4.98 Å². The van der Waals surface area contributed by atoms with E-state index in [4.69, 9.17) is 23.2 Å². The molecule has 1 aliphatic rings. The lowest BCUT2D eigenvalue weighted by atomic mass is 10.3. The number of anilines is 2. The minimum atomic E-state index is 0.496. The van der Waals surface area contributed by atoms with Crippen LogP contribution in [0.5, 0.6) is 0 Å². The van der Waals surface area contributed by atoms with Crippen molar-refractivity contribution in [2.75, 3.05) is 36.0 Å². The molecular formula is C17H15Cl2N5. The molecule has 0 spiro atoms. The summed E-state index contributed by atoms with van der Waals surface area (Å²) < 4.78 is 0. The van der Waals surface area contributed by atoms with Crippen molar-refractivity contribution in [2.45, 2.75) is 0 Å². The van der Waals surface area contributed by atoms with E-state index in [9.17, 15) is 0 Å². The number of hydrogen-bond donors (Lipinski definition) is 0. The zero-order chi connectivity index (χ0) is 16.5. The Bertz CT molecular complexity index is 863. The Labute approximate surface area is 149 Å². The third kappa shape index (κ3) is 2.97. The van der Waals surface area contributed by atoms with Crippen molar-refractivity contribution in [1.82, 2.24) is 15.0 Å². The van der Waals surface area contributed by atoms with Crippen LogP contribution in [-0.2, 0) is 0 Å². The highest BCUT2D eigenvalue weighted by atomic mass is 35.5. The van der Waals surface area contributed by atoms with Crippen LogP contribution in [0, 0.1) is 0 Å². The number of hydrogen-bond acceptors (Lipinski definition) is 5. The lowest BCUT2D eigenvalue weighted by molar-refractivity contribution is 0.641. The van der Waals surface area contributed by atoms with E-state index in [1.165, 1.54) is 0 Å². The second-order valence-electron chi connectivity index (χ2n) is 5.65. The maximum absolute atomic E-state index is 6.09. The van der Waals surface area contributed by atoms with Gasteiger partial charge in [0.05, 0.1) is 27.3 Å².